The summed E-state index contributed by atoms with van der Waals surface area (Å²) in [4.78, 5) is 15.2. The van der Waals surface area contributed by atoms with E-state index in [1.54, 1.807) is 11.0 Å². The van der Waals surface area contributed by atoms with Crippen molar-refractivity contribution in [1.82, 2.24) is 0 Å². The highest BCUT2D eigenvalue weighted by atomic mass is 19.1. The van der Waals surface area contributed by atoms with E-state index in [1.165, 1.54) is 44.7 Å². The highest BCUT2D eigenvalue weighted by Crippen LogP contribution is 2.17. The van der Waals surface area contributed by atoms with Crippen LogP contribution in [0.5, 0.6) is 5.75 Å². The number of likely N-dealkylation sites (tertiary alicyclic amines) is 1. The van der Waals surface area contributed by atoms with Gasteiger partial charge >= 0.3 is 0 Å². The third kappa shape index (κ3) is 6.27. The van der Waals surface area contributed by atoms with Gasteiger partial charge in [0.05, 0.1) is 26.7 Å². The first-order valence-electron chi connectivity index (χ1n) is 10.5. The highest BCUT2D eigenvalue weighted by molar-refractivity contribution is 5.91. The van der Waals surface area contributed by atoms with E-state index >= 15 is 0 Å². The van der Waals surface area contributed by atoms with Gasteiger partial charge in [-0.05, 0) is 37.3 Å². The fraction of sp³-hybridized carbons (Fsp3) is 0.435. The van der Waals surface area contributed by atoms with E-state index in [0.29, 0.717) is 13.1 Å². The summed E-state index contributed by atoms with van der Waals surface area (Å²) in [5, 5.41) is 2.98. The standard InChI is InChI=1S/C23H30FN3O2/c1-3-26(16-19-8-11-22(29-2)21(24)14-19)17-23(28)25-20-9-6-18(7-10-20)15-27-12-4-5-13-27/h6-11,14H,3-5,12-13,15-17H2,1-2H3,(H,25,28)/p+2. The van der Waals surface area contributed by atoms with Gasteiger partial charge in [0.1, 0.15) is 13.1 Å². The van der Waals surface area contributed by atoms with Crippen LogP contribution in [0, 0.1) is 5.82 Å². The molecule has 1 heterocycles. The molecule has 1 fully saturated rings. The number of methoxy groups -OCH3 is 1. The lowest BCUT2D eigenvalue weighted by Gasteiger charge is -2.18. The molecule has 6 heteroatoms. The molecule has 1 aliphatic heterocycles. The fourth-order valence-electron chi connectivity index (χ4n) is 3.90. The van der Waals surface area contributed by atoms with Gasteiger partial charge in [-0.25, -0.2) is 4.39 Å². The number of nitrogens with one attached hydrogen (secondary N) is 3. The minimum atomic E-state index is -0.374. The Morgan fingerprint density at radius 2 is 1.83 bits per heavy atom. The Bertz CT molecular complexity index is 804. The topological polar surface area (TPSA) is 47.2 Å². The number of ether oxygens (including phenoxy) is 1. The Hall–Kier alpha value is -2.44. The molecular formula is C23H32FN3O2+2. The fourth-order valence-corrected chi connectivity index (χ4v) is 3.90. The van der Waals surface area contributed by atoms with Gasteiger partial charge in [0.25, 0.3) is 5.91 Å². The maximum atomic E-state index is 13.9. The van der Waals surface area contributed by atoms with Crippen LogP contribution in [0.15, 0.2) is 42.5 Å². The number of carbonyl (C=O) groups excluding carboxylic acids is 1. The number of hydrogen-bond donors (Lipinski definition) is 3. The average Bonchev–Trinajstić information content (AvgIpc) is 3.22. The normalized spacial score (nSPS) is 15.3. The second kappa shape index (κ2) is 10.4. The molecule has 0 bridgehead atoms. The van der Waals surface area contributed by atoms with Gasteiger partial charge in [0.15, 0.2) is 18.1 Å². The van der Waals surface area contributed by atoms with Gasteiger partial charge in [0.2, 0.25) is 0 Å². The third-order valence-electron chi connectivity index (χ3n) is 5.58. The molecule has 3 rings (SSSR count). The van der Waals surface area contributed by atoms with Crippen molar-refractivity contribution in [3.05, 3.63) is 59.4 Å². The van der Waals surface area contributed by atoms with E-state index in [9.17, 15) is 9.18 Å². The molecule has 1 unspecified atom stereocenters. The van der Waals surface area contributed by atoms with Crippen LogP contribution < -0.4 is 19.9 Å². The van der Waals surface area contributed by atoms with Gasteiger partial charge in [0, 0.05) is 29.7 Å². The Morgan fingerprint density at radius 1 is 1.14 bits per heavy atom. The summed E-state index contributed by atoms with van der Waals surface area (Å²) in [6.45, 7) is 7.29. The van der Waals surface area contributed by atoms with Crippen LogP contribution in [0.4, 0.5) is 10.1 Å². The average molecular weight is 402 g/mol. The van der Waals surface area contributed by atoms with Crippen LogP contribution in [0.1, 0.15) is 30.9 Å². The number of quaternary nitrogens is 2. The molecule has 0 radical (unpaired) electrons. The molecule has 1 amide bonds. The van der Waals surface area contributed by atoms with E-state index in [-0.39, 0.29) is 17.5 Å². The Morgan fingerprint density at radius 3 is 2.45 bits per heavy atom. The van der Waals surface area contributed by atoms with E-state index < -0.39 is 0 Å². The number of anilines is 1. The van der Waals surface area contributed by atoms with Gasteiger partial charge in [-0.1, -0.05) is 12.1 Å². The molecule has 156 valence electrons. The number of carbonyl (C=O) groups is 1. The number of rotatable bonds is 9. The van der Waals surface area contributed by atoms with Crippen LogP contribution in [0.25, 0.3) is 0 Å². The highest BCUT2D eigenvalue weighted by Gasteiger charge is 2.17. The smallest absolute Gasteiger partial charge is 0.279 e. The number of amides is 1. The Balaban J connectivity index is 1.50. The van der Waals surface area contributed by atoms with Gasteiger partial charge in [-0.15, -0.1) is 0 Å². The second-order valence-corrected chi connectivity index (χ2v) is 7.80. The van der Waals surface area contributed by atoms with E-state index in [0.717, 1.165) is 29.2 Å². The van der Waals surface area contributed by atoms with Crippen molar-refractivity contribution >= 4 is 11.6 Å². The number of hydrogen-bond acceptors (Lipinski definition) is 2. The van der Waals surface area contributed by atoms with Crippen molar-refractivity contribution in [2.24, 2.45) is 0 Å². The molecule has 0 aliphatic carbocycles. The lowest BCUT2D eigenvalue weighted by molar-refractivity contribution is -0.903. The van der Waals surface area contributed by atoms with Crippen LogP contribution in [-0.4, -0.2) is 39.2 Å². The third-order valence-corrected chi connectivity index (χ3v) is 5.58. The van der Waals surface area contributed by atoms with Crippen LogP contribution in [0.2, 0.25) is 0 Å². The lowest BCUT2D eigenvalue weighted by atomic mass is 10.2. The molecule has 1 saturated heterocycles. The van der Waals surface area contributed by atoms with Crippen LogP contribution in [0.3, 0.4) is 0 Å². The molecule has 2 aromatic carbocycles. The van der Waals surface area contributed by atoms with Crippen molar-refractivity contribution in [3.8, 4) is 5.75 Å². The minimum absolute atomic E-state index is 0.0336. The molecular weight excluding hydrogens is 369 g/mol. The molecule has 3 N–H and O–H groups in total. The maximum absolute atomic E-state index is 13.9. The van der Waals surface area contributed by atoms with Crippen molar-refractivity contribution < 1.29 is 23.7 Å². The molecule has 1 aliphatic rings. The zero-order valence-electron chi connectivity index (χ0n) is 17.4. The van der Waals surface area contributed by atoms with E-state index in [1.807, 2.05) is 25.1 Å². The number of likely N-dealkylation sites (N-methyl/N-ethyl adjacent to an activating group) is 1. The zero-order chi connectivity index (χ0) is 20.6. The summed E-state index contributed by atoms with van der Waals surface area (Å²) >= 11 is 0. The first kappa shape index (κ1) is 21.3. The summed E-state index contributed by atoms with van der Waals surface area (Å²) in [6.07, 6.45) is 2.64. The molecule has 5 nitrogen and oxygen atoms in total. The predicted molar refractivity (Wildman–Crippen MR) is 112 cm³/mol. The minimum Gasteiger partial charge on any atom is -0.494 e. The summed E-state index contributed by atoms with van der Waals surface area (Å²) in [6, 6.07) is 13.1. The van der Waals surface area contributed by atoms with Crippen molar-refractivity contribution in [1.29, 1.82) is 0 Å². The predicted octanol–water partition coefficient (Wildman–Crippen LogP) is 1.06. The van der Waals surface area contributed by atoms with Crippen LogP contribution in [-0.2, 0) is 17.9 Å². The first-order chi connectivity index (χ1) is 14.1. The van der Waals surface area contributed by atoms with Gasteiger partial charge in [-0.3, -0.25) is 4.79 Å². The molecule has 1 atom stereocenters. The molecule has 0 spiro atoms. The van der Waals surface area contributed by atoms with Crippen molar-refractivity contribution in [2.75, 3.05) is 38.6 Å². The number of benzene rings is 2. The first-order valence-corrected chi connectivity index (χ1v) is 10.5. The zero-order valence-corrected chi connectivity index (χ0v) is 17.4. The van der Waals surface area contributed by atoms with E-state index in [2.05, 4.69) is 17.4 Å². The SMILES string of the molecule is CC[NH+](CC(=O)Nc1ccc(C[NH+]2CCCC2)cc1)Cc1ccc(OC)c(F)c1. The summed E-state index contributed by atoms with van der Waals surface area (Å²) in [7, 11) is 1.45. The Kier molecular flexibility index (Phi) is 7.61. The van der Waals surface area contributed by atoms with Crippen molar-refractivity contribution in [3.63, 3.8) is 0 Å². The van der Waals surface area contributed by atoms with Crippen molar-refractivity contribution in [2.45, 2.75) is 32.9 Å². The molecule has 2 aromatic rings. The summed E-state index contributed by atoms with van der Waals surface area (Å²) in [5.41, 5.74) is 2.98. The monoisotopic (exact) mass is 401 g/mol. The van der Waals surface area contributed by atoms with Gasteiger partial charge in [-0.2, -0.15) is 0 Å². The lowest BCUT2D eigenvalue weighted by Crippen LogP contribution is -3.11. The summed E-state index contributed by atoms with van der Waals surface area (Å²) < 4.78 is 18.9. The second-order valence-electron chi connectivity index (χ2n) is 7.80. The van der Waals surface area contributed by atoms with E-state index in [4.69, 9.17) is 4.74 Å². The maximum Gasteiger partial charge on any atom is 0.279 e. The van der Waals surface area contributed by atoms with Gasteiger partial charge < -0.3 is 19.9 Å². The van der Waals surface area contributed by atoms with Crippen LogP contribution >= 0.6 is 0 Å². The Labute approximate surface area is 172 Å². The largest absolute Gasteiger partial charge is 0.494 e. The quantitative estimate of drug-likeness (QED) is 0.588. The molecule has 29 heavy (non-hydrogen) atoms. The summed E-state index contributed by atoms with van der Waals surface area (Å²) in [5.74, 6) is -0.172. The number of halogens is 1. The molecule has 0 saturated carbocycles. The molecule has 0 aromatic heterocycles.